The standard InChI is InChI=1S/C25H35N5O3/c1-18-7-5-8-19(2)23(18)28-25(32)27-20-9-10-22(29(3)4)21(17-20)24(31)26-11-6-12-30-13-15-33-16-14-30/h5,7-10,17H,6,11-16H2,1-4H3,(H,26,31)(H2,27,28,32). The van der Waals surface area contributed by atoms with Gasteiger partial charge in [-0.2, -0.15) is 0 Å². The van der Waals surface area contributed by atoms with Crippen molar-refractivity contribution < 1.29 is 14.3 Å². The lowest BCUT2D eigenvalue weighted by Gasteiger charge is -2.26. The number of para-hydroxylation sites is 1. The second-order valence-electron chi connectivity index (χ2n) is 8.54. The van der Waals surface area contributed by atoms with Gasteiger partial charge in [-0.3, -0.25) is 9.69 Å². The van der Waals surface area contributed by atoms with Crippen molar-refractivity contribution in [3.05, 3.63) is 53.1 Å². The molecule has 1 saturated heterocycles. The Bertz CT molecular complexity index is 950. The van der Waals surface area contributed by atoms with Crippen LogP contribution >= 0.6 is 0 Å². The second-order valence-corrected chi connectivity index (χ2v) is 8.54. The van der Waals surface area contributed by atoms with Crippen LogP contribution < -0.4 is 20.9 Å². The van der Waals surface area contributed by atoms with Crippen LogP contribution in [-0.4, -0.2) is 70.3 Å². The zero-order valence-electron chi connectivity index (χ0n) is 20.0. The summed E-state index contributed by atoms with van der Waals surface area (Å²) >= 11 is 0. The van der Waals surface area contributed by atoms with Crippen LogP contribution in [0, 0.1) is 13.8 Å². The number of hydrogen-bond acceptors (Lipinski definition) is 5. The molecule has 8 heteroatoms. The van der Waals surface area contributed by atoms with E-state index in [4.69, 9.17) is 4.74 Å². The van der Waals surface area contributed by atoms with E-state index >= 15 is 0 Å². The molecule has 1 heterocycles. The summed E-state index contributed by atoms with van der Waals surface area (Å²) in [7, 11) is 3.79. The summed E-state index contributed by atoms with van der Waals surface area (Å²) in [4.78, 5) is 29.8. The summed E-state index contributed by atoms with van der Waals surface area (Å²) in [5, 5.41) is 8.78. The van der Waals surface area contributed by atoms with Crippen LogP contribution in [0.15, 0.2) is 36.4 Å². The highest BCUT2D eigenvalue weighted by Crippen LogP contribution is 2.24. The minimum absolute atomic E-state index is 0.153. The lowest BCUT2D eigenvalue weighted by molar-refractivity contribution is 0.0374. The van der Waals surface area contributed by atoms with Crippen LogP contribution in [0.1, 0.15) is 27.9 Å². The molecule has 0 unspecified atom stereocenters. The average Bonchev–Trinajstić information content (AvgIpc) is 2.79. The van der Waals surface area contributed by atoms with E-state index in [1.165, 1.54) is 0 Å². The molecule has 178 valence electrons. The van der Waals surface area contributed by atoms with E-state index in [-0.39, 0.29) is 11.9 Å². The Labute approximate surface area is 196 Å². The smallest absolute Gasteiger partial charge is 0.323 e. The highest BCUT2D eigenvalue weighted by molar-refractivity contribution is 6.04. The molecule has 0 spiro atoms. The number of benzene rings is 2. The Morgan fingerprint density at radius 2 is 1.73 bits per heavy atom. The molecule has 3 rings (SSSR count). The molecule has 1 fully saturated rings. The number of carbonyl (C=O) groups excluding carboxylic acids is 2. The van der Waals surface area contributed by atoms with Crippen molar-refractivity contribution >= 4 is 29.0 Å². The number of amides is 3. The fourth-order valence-corrected chi connectivity index (χ4v) is 3.90. The number of morpholine rings is 1. The van der Waals surface area contributed by atoms with Crippen LogP contribution in [0.4, 0.5) is 21.9 Å². The van der Waals surface area contributed by atoms with E-state index in [1.54, 1.807) is 12.1 Å². The highest BCUT2D eigenvalue weighted by Gasteiger charge is 2.16. The van der Waals surface area contributed by atoms with Gasteiger partial charge < -0.3 is 25.6 Å². The fraction of sp³-hybridized carbons (Fsp3) is 0.440. The molecule has 8 nitrogen and oxygen atoms in total. The Balaban J connectivity index is 1.62. The molecule has 0 saturated carbocycles. The van der Waals surface area contributed by atoms with Gasteiger partial charge in [-0.25, -0.2) is 4.79 Å². The second kappa shape index (κ2) is 11.7. The number of carbonyl (C=O) groups is 2. The quantitative estimate of drug-likeness (QED) is 0.533. The summed E-state index contributed by atoms with van der Waals surface area (Å²) in [6, 6.07) is 10.9. The number of ether oxygens (including phenoxy) is 1. The fourth-order valence-electron chi connectivity index (χ4n) is 3.90. The molecule has 2 aromatic carbocycles. The maximum Gasteiger partial charge on any atom is 0.323 e. The van der Waals surface area contributed by atoms with E-state index in [1.807, 2.05) is 57.1 Å². The maximum atomic E-state index is 12.9. The number of aryl methyl sites for hydroxylation is 2. The first-order valence-electron chi connectivity index (χ1n) is 11.4. The lowest BCUT2D eigenvalue weighted by atomic mass is 10.1. The van der Waals surface area contributed by atoms with E-state index in [9.17, 15) is 9.59 Å². The van der Waals surface area contributed by atoms with Crippen LogP contribution in [0.25, 0.3) is 0 Å². The first kappa shape index (κ1) is 24.5. The molecule has 0 aromatic heterocycles. The molecule has 0 aliphatic carbocycles. The Kier molecular flexibility index (Phi) is 8.68. The molecular formula is C25H35N5O3. The minimum atomic E-state index is -0.345. The van der Waals surface area contributed by atoms with Crippen molar-refractivity contribution in [3.63, 3.8) is 0 Å². The number of nitrogens with one attached hydrogen (secondary N) is 3. The molecular weight excluding hydrogens is 418 g/mol. The van der Waals surface area contributed by atoms with Gasteiger partial charge in [0, 0.05) is 50.8 Å². The van der Waals surface area contributed by atoms with Crippen LogP contribution in [0.2, 0.25) is 0 Å². The predicted molar refractivity (Wildman–Crippen MR) is 134 cm³/mol. The Hall–Kier alpha value is -3.10. The van der Waals surface area contributed by atoms with Gasteiger partial charge in [-0.15, -0.1) is 0 Å². The van der Waals surface area contributed by atoms with Gasteiger partial charge in [0.2, 0.25) is 0 Å². The number of urea groups is 1. The molecule has 3 amide bonds. The Morgan fingerprint density at radius 1 is 1.03 bits per heavy atom. The topological polar surface area (TPSA) is 85.9 Å². The molecule has 0 atom stereocenters. The Morgan fingerprint density at radius 3 is 2.39 bits per heavy atom. The number of anilines is 3. The predicted octanol–water partition coefficient (Wildman–Crippen LogP) is 3.47. The van der Waals surface area contributed by atoms with Crippen molar-refractivity contribution in [2.75, 3.05) is 69.0 Å². The summed E-state index contributed by atoms with van der Waals surface area (Å²) in [6.45, 7) is 8.86. The summed E-state index contributed by atoms with van der Waals surface area (Å²) in [6.07, 6.45) is 0.874. The van der Waals surface area contributed by atoms with Crippen molar-refractivity contribution in [1.29, 1.82) is 0 Å². The van der Waals surface area contributed by atoms with Crippen molar-refractivity contribution in [2.24, 2.45) is 0 Å². The van der Waals surface area contributed by atoms with E-state index in [0.717, 1.165) is 61.8 Å². The van der Waals surface area contributed by atoms with Crippen LogP contribution in [0.5, 0.6) is 0 Å². The third-order valence-corrected chi connectivity index (χ3v) is 5.74. The molecule has 1 aliphatic rings. The minimum Gasteiger partial charge on any atom is -0.379 e. The first-order valence-corrected chi connectivity index (χ1v) is 11.4. The highest BCUT2D eigenvalue weighted by atomic mass is 16.5. The molecule has 2 aromatic rings. The van der Waals surface area contributed by atoms with Crippen LogP contribution in [0.3, 0.4) is 0 Å². The SMILES string of the molecule is Cc1cccc(C)c1NC(=O)Nc1ccc(N(C)C)c(C(=O)NCCCN2CCOCC2)c1. The zero-order valence-corrected chi connectivity index (χ0v) is 20.0. The lowest BCUT2D eigenvalue weighted by Crippen LogP contribution is -2.38. The van der Waals surface area contributed by atoms with Crippen LogP contribution in [-0.2, 0) is 4.74 Å². The molecule has 3 N–H and O–H groups in total. The van der Waals surface area contributed by atoms with Crippen molar-refractivity contribution in [3.8, 4) is 0 Å². The number of nitrogens with zero attached hydrogens (tertiary/aromatic N) is 2. The van der Waals surface area contributed by atoms with Gasteiger partial charge in [0.15, 0.2) is 0 Å². The molecule has 0 radical (unpaired) electrons. The van der Waals surface area contributed by atoms with Crippen molar-refractivity contribution in [2.45, 2.75) is 20.3 Å². The summed E-state index contributed by atoms with van der Waals surface area (Å²) in [5.41, 5.74) is 4.65. The summed E-state index contributed by atoms with van der Waals surface area (Å²) < 4.78 is 5.37. The largest absolute Gasteiger partial charge is 0.379 e. The van der Waals surface area contributed by atoms with Gasteiger partial charge in [0.1, 0.15) is 0 Å². The monoisotopic (exact) mass is 453 g/mol. The number of rotatable bonds is 8. The van der Waals surface area contributed by atoms with E-state index in [2.05, 4.69) is 20.9 Å². The molecule has 33 heavy (non-hydrogen) atoms. The third kappa shape index (κ3) is 6.94. The van der Waals surface area contributed by atoms with E-state index in [0.29, 0.717) is 17.8 Å². The van der Waals surface area contributed by atoms with Crippen molar-refractivity contribution in [1.82, 2.24) is 10.2 Å². The average molecular weight is 454 g/mol. The zero-order chi connectivity index (χ0) is 23.8. The molecule has 0 bridgehead atoms. The summed E-state index contributed by atoms with van der Waals surface area (Å²) in [5.74, 6) is -0.153. The maximum absolute atomic E-state index is 12.9. The van der Waals surface area contributed by atoms with Gasteiger partial charge >= 0.3 is 6.03 Å². The molecule has 1 aliphatic heterocycles. The van der Waals surface area contributed by atoms with E-state index < -0.39 is 0 Å². The van der Waals surface area contributed by atoms with Gasteiger partial charge in [0.05, 0.1) is 18.8 Å². The van der Waals surface area contributed by atoms with Gasteiger partial charge in [-0.1, -0.05) is 18.2 Å². The normalized spacial score (nSPS) is 13.9. The van der Waals surface area contributed by atoms with Gasteiger partial charge in [0.25, 0.3) is 5.91 Å². The number of hydrogen-bond donors (Lipinski definition) is 3. The first-order chi connectivity index (χ1) is 15.8. The van der Waals surface area contributed by atoms with Gasteiger partial charge in [-0.05, 0) is 56.1 Å². The third-order valence-electron chi connectivity index (χ3n) is 5.74.